The highest BCUT2D eigenvalue weighted by Crippen LogP contribution is 2.10. The highest BCUT2D eigenvalue weighted by molar-refractivity contribution is 5.75. The van der Waals surface area contributed by atoms with Gasteiger partial charge in [0.2, 0.25) is 11.9 Å². The van der Waals surface area contributed by atoms with Crippen LogP contribution in [-0.2, 0) is 4.79 Å². The van der Waals surface area contributed by atoms with E-state index in [1.165, 1.54) is 0 Å². The van der Waals surface area contributed by atoms with Gasteiger partial charge in [0.15, 0.2) is 0 Å². The molecule has 1 aromatic carbocycles. The highest BCUT2D eigenvalue weighted by Gasteiger charge is 2.07. The van der Waals surface area contributed by atoms with Crippen LogP contribution in [0.4, 0.5) is 5.95 Å². The van der Waals surface area contributed by atoms with Crippen molar-refractivity contribution in [3.8, 4) is 5.69 Å². The molecule has 0 aliphatic heterocycles. The number of carbonyl (C=O) groups is 1. The van der Waals surface area contributed by atoms with Gasteiger partial charge in [-0.1, -0.05) is 23.3 Å². The third kappa shape index (κ3) is 2.82. The van der Waals surface area contributed by atoms with E-state index in [4.69, 9.17) is 0 Å². The summed E-state index contributed by atoms with van der Waals surface area (Å²) in [5.41, 5.74) is 0.866. The van der Waals surface area contributed by atoms with Crippen LogP contribution in [0.15, 0.2) is 30.3 Å². The lowest BCUT2D eigenvalue weighted by molar-refractivity contribution is -0.120. The summed E-state index contributed by atoms with van der Waals surface area (Å²) >= 11 is 0. The van der Waals surface area contributed by atoms with Gasteiger partial charge in [-0.05, 0) is 22.6 Å². The van der Waals surface area contributed by atoms with Gasteiger partial charge in [-0.3, -0.25) is 4.79 Å². The first-order valence-corrected chi connectivity index (χ1v) is 5.59. The van der Waals surface area contributed by atoms with Crippen LogP contribution < -0.4 is 10.6 Å². The smallest absolute Gasteiger partial charge is 0.247 e. The van der Waals surface area contributed by atoms with E-state index < -0.39 is 0 Å². The fraction of sp³-hybridized carbons (Fsp3) is 0.273. The molecule has 18 heavy (non-hydrogen) atoms. The molecule has 1 heterocycles. The van der Waals surface area contributed by atoms with Crippen LogP contribution in [0.25, 0.3) is 5.69 Å². The average molecular weight is 246 g/mol. The molecule has 94 valence electrons. The van der Waals surface area contributed by atoms with Gasteiger partial charge in [0.05, 0.1) is 5.69 Å². The zero-order valence-corrected chi connectivity index (χ0v) is 10.00. The number of nitrogens with zero attached hydrogens (tertiary/aromatic N) is 4. The number of aromatic nitrogens is 4. The van der Waals surface area contributed by atoms with E-state index in [-0.39, 0.29) is 5.91 Å². The SMILES string of the molecule is CNC(=O)CCNc1nnnn1-c1ccccc1. The summed E-state index contributed by atoms with van der Waals surface area (Å²) in [5, 5.41) is 17.0. The number of nitrogens with one attached hydrogen (secondary N) is 2. The molecule has 1 amide bonds. The number of rotatable bonds is 5. The number of benzene rings is 1. The lowest BCUT2D eigenvalue weighted by Gasteiger charge is -2.06. The first-order chi connectivity index (χ1) is 8.81. The molecule has 0 fully saturated rings. The van der Waals surface area contributed by atoms with Crippen LogP contribution in [0.2, 0.25) is 0 Å². The van der Waals surface area contributed by atoms with Crippen LogP contribution in [0.5, 0.6) is 0 Å². The topological polar surface area (TPSA) is 84.7 Å². The number of tetrazole rings is 1. The zero-order chi connectivity index (χ0) is 12.8. The first kappa shape index (κ1) is 12.0. The Morgan fingerprint density at radius 3 is 2.83 bits per heavy atom. The summed E-state index contributed by atoms with van der Waals surface area (Å²) in [6.45, 7) is 0.479. The largest absolute Gasteiger partial charge is 0.359 e. The quantitative estimate of drug-likeness (QED) is 0.787. The second kappa shape index (κ2) is 5.76. The van der Waals surface area contributed by atoms with E-state index >= 15 is 0 Å². The van der Waals surface area contributed by atoms with Gasteiger partial charge in [-0.2, -0.15) is 4.68 Å². The fourth-order valence-corrected chi connectivity index (χ4v) is 1.45. The molecule has 0 saturated carbocycles. The number of hydrogen-bond acceptors (Lipinski definition) is 5. The highest BCUT2D eigenvalue weighted by atomic mass is 16.1. The molecule has 0 atom stereocenters. The van der Waals surface area contributed by atoms with Crippen LogP contribution in [0, 0.1) is 0 Å². The number of anilines is 1. The Bertz CT molecular complexity index is 509. The maximum Gasteiger partial charge on any atom is 0.247 e. The number of amides is 1. The second-order valence-electron chi connectivity index (χ2n) is 3.60. The molecule has 2 aromatic rings. The Labute approximate surface area is 104 Å². The minimum absolute atomic E-state index is 0.0266. The predicted octanol–water partition coefficient (Wildman–Crippen LogP) is 0.210. The van der Waals surface area contributed by atoms with Crippen molar-refractivity contribution in [2.24, 2.45) is 0 Å². The minimum Gasteiger partial charge on any atom is -0.359 e. The Hall–Kier alpha value is -2.44. The van der Waals surface area contributed by atoms with Crippen molar-refractivity contribution in [2.75, 3.05) is 18.9 Å². The number of hydrogen-bond donors (Lipinski definition) is 2. The Balaban J connectivity index is 2.03. The molecule has 0 radical (unpaired) electrons. The summed E-state index contributed by atoms with van der Waals surface area (Å²) in [5.74, 6) is 0.492. The number of para-hydroxylation sites is 1. The Kier molecular flexibility index (Phi) is 3.85. The lowest BCUT2D eigenvalue weighted by atomic mass is 10.3. The zero-order valence-electron chi connectivity index (χ0n) is 10.00. The molecule has 2 N–H and O–H groups in total. The molecule has 0 unspecified atom stereocenters. The normalized spacial score (nSPS) is 10.1. The molecule has 1 aromatic heterocycles. The predicted molar refractivity (Wildman–Crippen MR) is 66.3 cm³/mol. The maximum atomic E-state index is 11.1. The molecule has 0 bridgehead atoms. The monoisotopic (exact) mass is 246 g/mol. The van der Waals surface area contributed by atoms with Crippen molar-refractivity contribution < 1.29 is 4.79 Å². The van der Waals surface area contributed by atoms with E-state index in [0.717, 1.165) is 5.69 Å². The van der Waals surface area contributed by atoms with Crippen molar-refractivity contribution in [1.29, 1.82) is 0 Å². The van der Waals surface area contributed by atoms with E-state index in [1.807, 2.05) is 30.3 Å². The van der Waals surface area contributed by atoms with E-state index in [2.05, 4.69) is 26.2 Å². The summed E-state index contributed by atoms with van der Waals surface area (Å²) < 4.78 is 1.59. The van der Waals surface area contributed by atoms with E-state index in [0.29, 0.717) is 18.9 Å². The summed E-state index contributed by atoms with van der Waals surface area (Å²) in [6, 6.07) is 9.55. The van der Waals surface area contributed by atoms with Crippen molar-refractivity contribution in [2.45, 2.75) is 6.42 Å². The number of carbonyl (C=O) groups excluding carboxylic acids is 1. The Morgan fingerprint density at radius 1 is 1.33 bits per heavy atom. The third-order valence-electron chi connectivity index (χ3n) is 2.38. The van der Waals surface area contributed by atoms with E-state index in [1.54, 1.807) is 11.7 Å². The van der Waals surface area contributed by atoms with Crippen molar-refractivity contribution in [3.63, 3.8) is 0 Å². The molecule has 0 aliphatic carbocycles. The van der Waals surface area contributed by atoms with Crippen molar-refractivity contribution in [1.82, 2.24) is 25.5 Å². The van der Waals surface area contributed by atoms with Crippen LogP contribution >= 0.6 is 0 Å². The molecular formula is C11H14N6O. The molecule has 7 heteroatoms. The molecule has 2 rings (SSSR count). The fourth-order valence-electron chi connectivity index (χ4n) is 1.45. The third-order valence-corrected chi connectivity index (χ3v) is 2.38. The van der Waals surface area contributed by atoms with Gasteiger partial charge in [0, 0.05) is 20.0 Å². The van der Waals surface area contributed by atoms with Crippen LogP contribution in [0.1, 0.15) is 6.42 Å². The van der Waals surface area contributed by atoms with Gasteiger partial charge in [0.1, 0.15) is 0 Å². The van der Waals surface area contributed by atoms with Gasteiger partial charge in [0.25, 0.3) is 0 Å². The van der Waals surface area contributed by atoms with Crippen molar-refractivity contribution in [3.05, 3.63) is 30.3 Å². The van der Waals surface area contributed by atoms with Gasteiger partial charge in [-0.15, -0.1) is 0 Å². The molecular weight excluding hydrogens is 232 g/mol. The Morgan fingerprint density at radius 2 is 2.11 bits per heavy atom. The summed E-state index contributed by atoms with van der Waals surface area (Å²) in [7, 11) is 1.61. The lowest BCUT2D eigenvalue weighted by Crippen LogP contribution is -2.21. The van der Waals surface area contributed by atoms with E-state index in [9.17, 15) is 4.79 Å². The standard InChI is InChI=1S/C11H14N6O/c1-12-10(18)7-8-13-11-14-15-16-17(11)9-5-3-2-4-6-9/h2-6H,7-8H2,1H3,(H,12,18)(H,13,14,16). The molecule has 7 nitrogen and oxygen atoms in total. The molecule has 0 spiro atoms. The summed E-state index contributed by atoms with van der Waals surface area (Å²) in [6.07, 6.45) is 0.373. The van der Waals surface area contributed by atoms with Crippen molar-refractivity contribution >= 4 is 11.9 Å². The molecule has 0 saturated heterocycles. The minimum atomic E-state index is -0.0266. The maximum absolute atomic E-state index is 11.1. The van der Waals surface area contributed by atoms with Gasteiger partial charge < -0.3 is 10.6 Å². The average Bonchev–Trinajstić information content (AvgIpc) is 2.88. The van der Waals surface area contributed by atoms with Gasteiger partial charge in [-0.25, -0.2) is 0 Å². The summed E-state index contributed by atoms with van der Waals surface area (Å²) in [4.78, 5) is 11.1. The first-order valence-electron chi connectivity index (χ1n) is 5.59. The second-order valence-corrected chi connectivity index (χ2v) is 3.60. The molecule has 0 aliphatic rings. The van der Waals surface area contributed by atoms with Gasteiger partial charge >= 0.3 is 0 Å². The van der Waals surface area contributed by atoms with Crippen LogP contribution in [-0.4, -0.2) is 39.7 Å². The van der Waals surface area contributed by atoms with Crippen LogP contribution in [0.3, 0.4) is 0 Å².